The van der Waals surface area contributed by atoms with Crippen LogP contribution in [-0.4, -0.2) is 42.2 Å². The van der Waals surface area contributed by atoms with E-state index < -0.39 is 26.7 Å². The first-order chi connectivity index (χ1) is 14.9. The normalized spacial score (nSPS) is 16.9. The van der Waals surface area contributed by atoms with Crippen LogP contribution in [0, 0.1) is 0 Å². The summed E-state index contributed by atoms with van der Waals surface area (Å²) >= 11 is 0. The van der Waals surface area contributed by atoms with Gasteiger partial charge in [-0.25, -0.2) is 8.42 Å². The highest BCUT2D eigenvalue weighted by atomic mass is 32.2. The molecule has 7 nitrogen and oxygen atoms in total. The molecule has 166 valence electrons. The van der Waals surface area contributed by atoms with E-state index in [0.717, 1.165) is 31.2 Å². The van der Waals surface area contributed by atoms with Gasteiger partial charge in [-0.15, -0.1) is 0 Å². The lowest BCUT2D eigenvalue weighted by Gasteiger charge is -2.23. The molecule has 31 heavy (non-hydrogen) atoms. The molecule has 1 heterocycles. The first-order valence-electron chi connectivity index (χ1n) is 10.8. The quantitative estimate of drug-likeness (QED) is 0.641. The predicted octanol–water partition coefficient (Wildman–Crippen LogP) is 3.06. The molecule has 2 saturated carbocycles. The van der Waals surface area contributed by atoms with Crippen LogP contribution >= 0.6 is 0 Å². The summed E-state index contributed by atoms with van der Waals surface area (Å²) in [5, 5.41) is 2.54. The number of sulfone groups is 1. The van der Waals surface area contributed by atoms with E-state index in [1.165, 1.54) is 11.2 Å². The first-order valence-corrected chi connectivity index (χ1v) is 12.5. The number of carbonyl (C=O) groups is 2. The highest BCUT2D eigenvalue weighted by Crippen LogP contribution is 2.26. The molecule has 1 N–H and O–H groups in total. The minimum absolute atomic E-state index is 0.0970. The Balaban J connectivity index is 1.45. The summed E-state index contributed by atoms with van der Waals surface area (Å²) in [5.74, 6) is -0.425. The topological polar surface area (TPSA) is 96.7 Å². The van der Waals surface area contributed by atoms with Crippen LogP contribution in [0.3, 0.4) is 0 Å². The minimum Gasteiger partial charge on any atom is -0.467 e. The molecule has 2 amide bonds. The molecule has 2 aliphatic carbocycles. The van der Waals surface area contributed by atoms with E-state index in [1.807, 2.05) is 0 Å². The van der Waals surface area contributed by atoms with Crippen LogP contribution in [0.2, 0.25) is 0 Å². The molecule has 2 aliphatic rings. The van der Waals surface area contributed by atoms with Gasteiger partial charge in [-0.05, 0) is 55.5 Å². The Morgan fingerprint density at radius 1 is 1.00 bits per heavy atom. The van der Waals surface area contributed by atoms with Gasteiger partial charge in [0.1, 0.15) is 11.5 Å². The van der Waals surface area contributed by atoms with Crippen molar-refractivity contribution >= 4 is 21.7 Å². The minimum atomic E-state index is -3.47. The third-order valence-corrected chi connectivity index (χ3v) is 8.05. The Labute approximate surface area is 182 Å². The van der Waals surface area contributed by atoms with E-state index in [2.05, 4.69) is 5.32 Å². The molecule has 0 radical (unpaired) electrons. The number of hydrogen-bond donors (Lipinski definition) is 1. The lowest BCUT2D eigenvalue weighted by Crippen LogP contribution is -2.37. The molecule has 1 aromatic carbocycles. The number of furan rings is 1. The van der Waals surface area contributed by atoms with Gasteiger partial charge in [0, 0.05) is 18.2 Å². The lowest BCUT2D eigenvalue weighted by atomic mass is 10.1. The fourth-order valence-electron chi connectivity index (χ4n) is 3.93. The van der Waals surface area contributed by atoms with E-state index >= 15 is 0 Å². The van der Waals surface area contributed by atoms with E-state index in [-0.39, 0.29) is 25.0 Å². The molecule has 0 bridgehead atoms. The third-order valence-electron chi connectivity index (χ3n) is 5.92. The van der Waals surface area contributed by atoms with Crippen molar-refractivity contribution in [3.05, 3.63) is 59.5 Å². The van der Waals surface area contributed by atoms with Crippen molar-refractivity contribution < 1.29 is 22.4 Å². The molecule has 0 saturated heterocycles. The summed E-state index contributed by atoms with van der Waals surface area (Å²) in [4.78, 5) is 26.7. The van der Waals surface area contributed by atoms with Crippen LogP contribution in [0.4, 0.5) is 0 Å². The molecule has 4 rings (SSSR count). The molecule has 0 unspecified atom stereocenters. The Morgan fingerprint density at radius 3 is 2.32 bits per heavy atom. The highest BCUT2D eigenvalue weighted by molar-refractivity contribution is 7.92. The van der Waals surface area contributed by atoms with Crippen molar-refractivity contribution in [3.8, 4) is 0 Å². The Kier molecular flexibility index (Phi) is 6.46. The van der Waals surface area contributed by atoms with Gasteiger partial charge in [-0.3, -0.25) is 9.59 Å². The van der Waals surface area contributed by atoms with Crippen molar-refractivity contribution in [2.24, 2.45) is 0 Å². The predicted molar refractivity (Wildman–Crippen MR) is 116 cm³/mol. The molecular weight excluding hydrogens is 416 g/mol. The van der Waals surface area contributed by atoms with Gasteiger partial charge in [0.15, 0.2) is 9.84 Å². The van der Waals surface area contributed by atoms with Crippen LogP contribution in [0.5, 0.6) is 0 Å². The van der Waals surface area contributed by atoms with Crippen LogP contribution in [0.1, 0.15) is 60.2 Å². The molecule has 0 atom stereocenters. The van der Waals surface area contributed by atoms with Crippen molar-refractivity contribution in [2.45, 2.75) is 62.9 Å². The number of amides is 2. The second-order valence-electron chi connectivity index (χ2n) is 8.49. The van der Waals surface area contributed by atoms with Crippen LogP contribution < -0.4 is 5.32 Å². The highest BCUT2D eigenvalue weighted by Gasteiger charge is 2.32. The third kappa shape index (κ3) is 5.76. The maximum absolute atomic E-state index is 13.0. The zero-order valence-electron chi connectivity index (χ0n) is 17.5. The fourth-order valence-corrected chi connectivity index (χ4v) is 5.74. The van der Waals surface area contributed by atoms with Crippen molar-refractivity contribution in [2.75, 3.05) is 5.75 Å². The average molecular weight is 445 g/mol. The Morgan fingerprint density at radius 2 is 1.71 bits per heavy atom. The van der Waals surface area contributed by atoms with Gasteiger partial charge in [0.2, 0.25) is 5.91 Å². The summed E-state index contributed by atoms with van der Waals surface area (Å²) in [7, 11) is -3.47. The number of rotatable bonds is 9. The molecule has 2 fully saturated rings. The molecular formula is C23H28N2O5S. The zero-order valence-corrected chi connectivity index (χ0v) is 18.3. The summed E-state index contributed by atoms with van der Waals surface area (Å²) in [6.07, 6.45) is 6.65. The standard InChI is InChI=1S/C23H28N2O5S/c26-22(16-31(28,29)21-5-1-2-6-21)25(15-20-4-3-13-30-20)14-17-7-9-18(10-8-17)23(27)24-19-11-12-19/h3-4,7-10,13,19,21H,1-2,5-6,11-12,14-16H2,(H,24,27). The molecule has 2 aromatic rings. The number of nitrogens with one attached hydrogen (secondary N) is 1. The first kappa shape index (κ1) is 21.6. The van der Waals surface area contributed by atoms with Crippen LogP contribution in [0.25, 0.3) is 0 Å². The van der Waals surface area contributed by atoms with E-state index in [9.17, 15) is 18.0 Å². The van der Waals surface area contributed by atoms with E-state index in [1.54, 1.807) is 36.4 Å². The van der Waals surface area contributed by atoms with Gasteiger partial charge in [0.05, 0.1) is 18.1 Å². The Hall–Kier alpha value is -2.61. The van der Waals surface area contributed by atoms with Crippen molar-refractivity contribution in [3.63, 3.8) is 0 Å². The van der Waals surface area contributed by atoms with Gasteiger partial charge in [-0.1, -0.05) is 25.0 Å². The summed E-state index contributed by atoms with van der Waals surface area (Å²) in [5.41, 5.74) is 1.39. The number of nitrogens with zero attached hydrogens (tertiary/aromatic N) is 1. The monoisotopic (exact) mass is 444 g/mol. The van der Waals surface area contributed by atoms with Crippen molar-refractivity contribution in [1.29, 1.82) is 0 Å². The van der Waals surface area contributed by atoms with Gasteiger partial charge in [-0.2, -0.15) is 0 Å². The maximum Gasteiger partial charge on any atom is 0.251 e. The Bertz CT molecular complexity index is 1000. The van der Waals surface area contributed by atoms with Crippen LogP contribution in [-0.2, 0) is 27.7 Å². The lowest BCUT2D eigenvalue weighted by molar-refractivity contribution is -0.129. The van der Waals surface area contributed by atoms with Gasteiger partial charge < -0.3 is 14.6 Å². The molecule has 0 spiro atoms. The summed E-state index contributed by atoms with van der Waals surface area (Å²) < 4.78 is 30.8. The van der Waals surface area contributed by atoms with E-state index in [0.29, 0.717) is 24.2 Å². The fraction of sp³-hybridized carbons (Fsp3) is 0.478. The van der Waals surface area contributed by atoms with Gasteiger partial charge in [0.25, 0.3) is 5.91 Å². The molecule has 1 aromatic heterocycles. The number of benzene rings is 1. The maximum atomic E-state index is 13.0. The largest absolute Gasteiger partial charge is 0.467 e. The van der Waals surface area contributed by atoms with Crippen molar-refractivity contribution in [1.82, 2.24) is 10.2 Å². The van der Waals surface area contributed by atoms with E-state index in [4.69, 9.17) is 4.42 Å². The summed E-state index contributed by atoms with van der Waals surface area (Å²) in [6, 6.07) is 10.9. The number of carbonyl (C=O) groups excluding carboxylic acids is 2. The SMILES string of the molecule is O=C(NC1CC1)c1ccc(CN(Cc2ccco2)C(=O)CS(=O)(=O)C2CCCC2)cc1. The smallest absolute Gasteiger partial charge is 0.251 e. The second kappa shape index (κ2) is 9.26. The average Bonchev–Trinajstić information content (AvgIpc) is 3.19. The van der Waals surface area contributed by atoms with Crippen LogP contribution in [0.15, 0.2) is 47.1 Å². The zero-order chi connectivity index (χ0) is 21.8. The van der Waals surface area contributed by atoms with Gasteiger partial charge >= 0.3 is 0 Å². The number of hydrogen-bond acceptors (Lipinski definition) is 5. The summed E-state index contributed by atoms with van der Waals surface area (Å²) in [6.45, 7) is 0.431. The second-order valence-corrected chi connectivity index (χ2v) is 10.8. The molecule has 0 aliphatic heterocycles. The molecule has 8 heteroatoms.